The number of rotatable bonds is 3. The first kappa shape index (κ1) is 17.2. The predicted molar refractivity (Wildman–Crippen MR) is 89.8 cm³/mol. The minimum Gasteiger partial charge on any atom is -0.337 e. The van der Waals surface area contributed by atoms with E-state index in [-0.39, 0.29) is 18.4 Å². The summed E-state index contributed by atoms with van der Waals surface area (Å²) in [4.78, 5) is 18.3. The number of carbonyl (C=O) groups excluding carboxylic acids is 1. The molecule has 0 spiro atoms. The molecule has 0 bridgehead atoms. The van der Waals surface area contributed by atoms with Crippen LogP contribution < -0.4 is 0 Å². The first-order valence-electron chi connectivity index (χ1n) is 9.33. The van der Waals surface area contributed by atoms with Gasteiger partial charge in [-0.2, -0.15) is 0 Å². The largest absolute Gasteiger partial charge is 0.337 e. The van der Waals surface area contributed by atoms with Crippen molar-refractivity contribution < 1.29 is 9.18 Å². The molecule has 3 aliphatic rings. The molecule has 2 heterocycles. The second kappa shape index (κ2) is 7.06. The number of piperazine rings is 1. The normalized spacial score (nSPS) is 34.7. The molecular formula is C18H32FN3O. The highest BCUT2D eigenvalue weighted by Crippen LogP contribution is 2.34. The highest BCUT2D eigenvalue weighted by molar-refractivity contribution is 5.80. The van der Waals surface area contributed by atoms with Gasteiger partial charge in [-0.25, -0.2) is 4.39 Å². The van der Waals surface area contributed by atoms with Gasteiger partial charge in [-0.3, -0.25) is 9.69 Å². The second-order valence-electron chi connectivity index (χ2n) is 8.19. The summed E-state index contributed by atoms with van der Waals surface area (Å²) in [7, 11) is 2.02. The quantitative estimate of drug-likeness (QED) is 0.744. The van der Waals surface area contributed by atoms with Crippen molar-refractivity contribution in [2.45, 2.75) is 51.9 Å². The van der Waals surface area contributed by atoms with Crippen LogP contribution >= 0.6 is 0 Å². The zero-order chi connectivity index (χ0) is 16.6. The van der Waals surface area contributed by atoms with E-state index in [0.29, 0.717) is 19.1 Å². The zero-order valence-corrected chi connectivity index (χ0v) is 14.9. The Balaban J connectivity index is 1.48. The summed E-state index contributed by atoms with van der Waals surface area (Å²) >= 11 is 0. The van der Waals surface area contributed by atoms with Crippen LogP contribution in [-0.2, 0) is 4.79 Å². The Labute approximate surface area is 140 Å². The molecule has 4 nitrogen and oxygen atoms in total. The topological polar surface area (TPSA) is 26.8 Å². The first-order chi connectivity index (χ1) is 11.0. The van der Waals surface area contributed by atoms with E-state index in [1.165, 1.54) is 12.8 Å². The maximum Gasteiger partial charge on any atom is 0.228 e. The number of likely N-dealkylation sites (tertiary alicyclic amines) is 1. The fourth-order valence-electron chi connectivity index (χ4n) is 4.58. The van der Waals surface area contributed by atoms with Crippen molar-refractivity contribution in [3.8, 4) is 0 Å². The SMILES string of the molecule is CC(C)C1CCC(N2CCN(C(=O)C3CN(C)C3)C[C@@H]2F)CC1. The summed E-state index contributed by atoms with van der Waals surface area (Å²) < 4.78 is 14.7. The predicted octanol–water partition coefficient (Wildman–Crippen LogP) is 2.20. The van der Waals surface area contributed by atoms with Gasteiger partial charge in [0.1, 0.15) is 0 Å². The van der Waals surface area contributed by atoms with Crippen LogP contribution in [0.15, 0.2) is 0 Å². The Hall–Kier alpha value is -0.680. The van der Waals surface area contributed by atoms with E-state index in [4.69, 9.17) is 0 Å². The molecule has 0 aromatic heterocycles. The van der Waals surface area contributed by atoms with Crippen molar-refractivity contribution in [3.05, 3.63) is 0 Å². The average molecular weight is 325 g/mol. The summed E-state index contributed by atoms with van der Waals surface area (Å²) in [5, 5.41) is 0. The van der Waals surface area contributed by atoms with Gasteiger partial charge in [0.2, 0.25) is 5.91 Å². The number of nitrogens with zero attached hydrogens (tertiary/aromatic N) is 3. The average Bonchev–Trinajstić information content (AvgIpc) is 2.51. The van der Waals surface area contributed by atoms with Gasteiger partial charge in [0.05, 0.1) is 12.5 Å². The van der Waals surface area contributed by atoms with E-state index in [2.05, 4.69) is 18.7 Å². The smallest absolute Gasteiger partial charge is 0.228 e. The third kappa shape index (κ3) is 3.71. The Kier molecular flexibility index (Phi) is 5.26. The molecule has 132 valence electrons. The molecule has 1 saturated carbocycles. The minimum absolute atomic E-state index is 0.0974. The Morgan fingerprint density at radius 2 is 1.70 bits per heavy atom. The molecule has 0 aromatic carbocycles. The van der Waals surface area contributed by atoms with E-state index < -0.39 is 6.30 Å². The minimum atomic E-state index is -0.980. The molecule has 5 heteroatoms. The highest BCUT2D eigenvalue weighted by Gasteiger charge is 2.39. The van der Waals surface area contributed by atoms with Crippen LogP contribution in [0.3, 0.4) is 0 Å². The van der Waals surface area contributed by atoms with E-state index in [0.717, 1.165) is 37.8 Å². The van der Waals surface area contributed by atoms with Gasteiger partial charge < -0.3 is 9.80 Å². The van der Waals surface area contributed by atoms with Crippen LogP contribution in [0.25, 0.3) is 0 Å². The number of amides is 1. The molecule has 3 rings (SSSR count). The van der Waals surface area contributed by atoms with Crippen LogP contribution in [0.4, 0.5) is 4.39 Å². The second-order valence-corrected chi connectivity index (χ2v) is 8.19. The highest BCUT2D eigenvalue weighted by atomic mass is 19.1. The fourth-order valence-corrected chi connectivity index (χ4v) is 4.58. The monoisotopic (exact) mass is 325 g/mol. The number of halogens is 1. The van der Waals surface area contributed by atoms with E-state index in [1.54, 1.807) is 4.90 Å². The molecule has 2 saturated heterocycles. The van der Waals surface area contributed by atoms with E-state index >= 15 is 0 Å². The van der Waals surface area contributed by atoms with E-state index in [9.17, 15) is 9.18 Å². The molecule has 0 N–H and O–H groups in total. The van der Waals surface area contributed by atoms with Gasteiger partial charge in [-0.1, -0.05) is 13.8 Å². The van der Waals surface area contributed by atoms with Crippen LogP contribution in [0, 0.1) is 17.8 Å². The fraction of sp³-hybridized carbons (Fsp3) is 0.944. The molecule has 23 heavy (non-hydrogen) atoms. The zero-order valence-electron chi connectivity index (χ0n) is 14.9. The first-order valence-corrected chi connectivity index (χ1v) is 9.33. The van der Waals surface area contributed by atoms with Crippen molar-refractivity contribution >= 4 is 5.91 Å². The van der Waals surface area contributed by atoms with Gasteiger partial charge in [0.15, 0.2) is 6.30 Å². The van der Waals surface area contributed by atoms with Crippen molar-refractivity contribution in [1.29, 1.82) is 0 Å². The van der Waals surface area contributed by atoms with Gasteiger partial charge in [0, 0.05) is 32.2 Å². The molecule has 0 radical (unpaired) electrons. The standard InChI is InChI=1S/C18H32FN3O/c1-13(2)14-4-6-16(7-5-14)22-9-8-21(12-17(22)19)18(23)15-10-20(3)11-15/h13-17H,4-12H2,1-3H3/t14?,16?,17-/m1/s1. The molecule has 2 aliphatic heterocycles. The van der Waals surface area contributed by atoms with Gasteiger partial charge >= 0.3 is 0 Å². The number of hydrogen-bond acceptors (Lipinski definition) is 3. The summed E-state index contributed by atoms with van der Waals surface area (Å²) in [5.74, 6) is 1.81. The number of hydrogen-bond donors (Lipinski definition) is 0. The number of carbonyl (C=O) groups is 1. The molecule has 0 unspecified atom stereocenters. The lowest BCUT2D eigenvalue weighted by atomic mass is 9.79. The third-order valence-corrected chi connectivity index (χ3v) is 6.24. The maximum atomic E-state index is 14.7. The van der Waals surface area contributed by atoms with Crippen LogP contribution in [-0.4, -0.2) is 72.7 Å². The number of alkyl halides is 1. The van der Waals surface area contributed by atoms with Gasteiger partial charge in [-0.15, -0.1) is 0 Å². The van der Waals surface area contributed by atoms with Crippen molar-refractivity contribution in [3.63, 3.8) is 0 Å². The van der Waals surface area contributed by atoms with Crippen LogP contribution in [0.5, 0.6) is 0 Å². The van der Waals surface area contributed by atoms with Gasteiger partial charge in [-0.05, 0) is 44.6 Å². The summed E-state index contributed by atoms with van der Waals surface area (Å²) in [6.45, 7) is 7.92. The Bertz CT molecular complexity index is 416. The van der Waals surface area contributed by atoms with Crippen molar-refractivity contribution in [2.24, 2.45) is 17.8 Å². The molecular weight excluding hydrogens is 293 g/mol. The molecule has 1 atom stereocenters. The third-order valence-electron chi connectivity index (χ3n) is 6.24. The summed E-state index contributed by atoms with van der Waals surface area (Å²) in [6.07, 6.45) is 3.70. The maximum absolute atomic E-state index is 14.7. The molecule has 3 fully saturated rings. The molecule has 0 aromatic rings. The lowest BCUT2D eigenvalue weighted by molar-refractivity contribution is -0.147. The van der Waals surface area contributed by atoms with E-state index in [1.807, 2.05) is 11.9 Å². The lowest BCUT2D eigenvalue weighted by Crippen LogP contribution is -2.60. The Morgan fingerprint density at radius 1 is 1.04 bits per heavy atom. The summed E-state index contributed by atoms with van der Waals surface area (Å²) in [6, 6.07) is 0.382. The molecule has 1 aliphatic carbocycles. The van der Waals surface area contributed by atoms with Crippen LogP contribution in [0.1, 0.15) is 39.5 Å². The summed E-state index contributed by atoms with van der Waals surface area (Å²) in [5.41, 5.74) is 0. The Morgan fingerprint density at radius 3 is 2.22 bits per heavy atom. The lowest BCUT2D eigenvalue weighted by Gasteiger charge is -2.46. The van der Waals surface area contributed by atoms with Crippen molar-refractivity contribution in [2.75, 3.05) is 39.8 Å². The van der Waals surface area contributed by atoms with Gasteiger partial charge in [0.25, 0.3) is 0 Å². The molecule has 1 amide bonds. The van der Waals surface area contributed by atoms with Crippen molar-refractivity contribution in [1.82, 2.24) is 14.7 Å². The van der Waals surface area contributed by atoms with Crippen LogP contribution in [0.2, 0.25) is 0 Å².